The summed E-state index contributed by atoms with van der Waals surface area (Å²) in [7, 11) is 0. The summed E-state index contributed by atoms with van der Waals surface area (Å²) in [5.74, 6) is 0.558. The monoisotopic (exact) mass is 368 g/mol. The fourth-order valence-electron chi connectivity index (χ4n) is 2.26. The molecule has 5 nitrogen and oxygen atoms in total. The fraction of sp³-hybridized carbons (Fsp3) is 0. The van der Waals surface area contributed by atoms with Crippen LogP contribution in [0.15, 0.2) is 72.8 Å². The summed E-state index contributed by atoms with van der Waals surface area (Å²) in [5, 5.41) is 4.73. The molecule has 0 aliphatic heterocycles. The lowest BCUT2D eigenvalue weighted by Crippen LogP contribution is -2.02. The van der Waals surface area contributed by atoms with E-state index in [2.05, 4.69) is 26.1 Å². The van der Waals surface area contributed by atoms with Crippen LogP contribution in [-0.2, 0) is 0 Å². The Bertz CT molecular complexity index is 1050. The number of nitrogens with zero attached hydrogens (tertiary/aromatic N) is 2. The largest absolute Gasteiger partial charge is 0.422 e. The number of para-hydroxylation sites is 1. The second kappa shape index (κ2) is 5.48. The van der Waals surface area contributed by atoms with Crippen LogP contribution in [-0.4, -0.2) is 10.1 Å². The third-order valence-corrected chi connectivity index (χ3v) is 3.93. The number of rotatable bonds is 2. The molecule has 4 aromatic rings. The van der Waals surface area contributed by atoms with Gasteiger partial charge in [0.2, 0.25) is 5.82 Å². The van der Waals surface area contributed by atoms with E-state index in [1.54, 1.807) is 12.1 Å². The molecule has 2 aromatic heterocycles. The lowest BCUT2D eigenvalue weighted by atomic mass is 10.2. The molecule has 0 atom stereocenters. The minimum atomic E-state index is -0.505. The van der Waals surface area contributed by atoms with Crippen molar-refractivity contribution in [3.63, 3.8) is 0 Å². The van der Waals surface area contributed by atoms with Crippen molar-refractivity contribution in [2.24, 2.45) is 0 Å². The maximum Gasteiger partial charge on any atom is 0.349 e. The molecule has 2 aromatic carbocycles. The molecule has 112 valence electrons. The predicted molar refractivity (Wildman–Crippen MR) is 88.9 cm³/mol. The first kappa shape index (κ1) is 13.9. The van der Waals surface area contributed by atoms with Crippen molar-refractivity contribution in [3.8, 4) is 22.8 Å². The zero-order chi connectivity index (χ0) is 15.8. The Morgan fingerprint density at radius 2 is 1.78 bits per heavy atom. The number of fused-ring (bicyclic) bond motifs is 1. The van der Waals surface area contributed by atoms with E-state index in [1.165, 1.54) is 0 Å². The highest BCUT2D eigenvalue weighted by Gasteiger charge is 2.15. The van der Waals surface area contributed by atoms with Gasteiger partial charge in [0.05, 0.1) is 0 Å². The van der Waals surface area contributed by atoms with Crippen LogP contribution < -0.4 is 5.63 Å². The van der Waals surface area contributed by atoms with Gasteiger partial charge in [0.1, 0.15) is 11.1 Å². The van der Waals surface area contributed by atoms with Crippen molar-refractivity contribution in [3.05, 3.63) is 69.5 Å². The molecular formula is C17H9BrN2O3. The maximum atomic E-state index is 12.1. The highest BCUT2D eigenvalue weighted by molar-refractivity contribution is 9.10. The molecule has 4 rings (SSSR count). The average Bonchev–Trinajstić information content (AvgIpc) is 3.04. The summed E-state index contributed by atoms with van der Waals surface area (Å²) in [6.07, 6.45) is 0. The highest BCUT2D eigenvalue weighted by Crippen LogP contribution is 2.23. The zero-order valence-corrected chi connectivity index (χ0v) is 13.3. The van der Waals surface area contributed by atoms with E-state index in [1.807, 2.05) is 42.5 Å². The topological polar surface area (TPSA) is 69.1 Å². The number of aromatic nitrogens is 2. The van der Waals surface area contributed by atoms with Crippen LogP contribution in [0.2, 0.25) is 0 Å². The van der Waals surface area contributed by atoms with Gasteiger partial charge in [-0.2, -0.15) is 4.98 Å². The van der Waals surface area contributed by atoms with Gasteiger partial charge in [-0.05, 0) is 36.4 Å². The SMILES string of the molecule is O=c1oc2ccccc2cc1-c1nc(-c2ccc(Br)cc2)no1. The van der Waals surface area contributed by atoms with Gasteiger partial charge in [-0.1, -0.05) is 39.3 Å². The average molecular weight is 369 g/mol. The zero-order valence-electron chi connectivity index (χ0n) is 11.7. The van der Waals surface area contributed by atoms with Gasteiger partial charge in [0.25, 0.3) is 5.89 Å². The van der Waals surface area contributed by atoms with Crippen molar-refractivity contribution in [2.45, 2.75) is 0 Å². The summed E-state index contributed by atoms with van der Waals surface area (Å²) < 4.78 is 11.5. The van der Waals surface area contributed by atoms with Crippen molar-refractivity contribution in [1.29, 1.82) is 0 Å². The fourth-order valence-corrected chi connectivity index (χ4v) is 2.52. The first-order valence-corrected chi connectivity index (χ1v) is 7.63. The van der Waals surface area contributed by atoms with Crippen molar-refractivity contribution in [2.75, 3.05) is 0 Å². The Balaban J connectivity index is 1.81. The van der Waals surface area contributed by atoms with E-state index in [-0.39, 0.29) is 11.5 Å². The molecule has 0 saturated carbocycles. The summed E-state index contributed by atoms with van der Waals surface area (Å²) in [6, 6.07) is 16.5. The van der Waals surface area contributed by atoms with Crippen molar-refractivity contribution >= 4 is 26.9 Å². The van der Waals surface area contributed by atoms with Gasteiger partial charge < -0.3 is 8.94 Å². The normalized spacial score (nSPS) is 11.0. The van der Waals surface area contributed by atoms with E-state index < -0.39 is 5.63 Å². The van der Waals surface area contributed by atoms with Gasteiger partial charge in [-0.3, -0.25) is 0 Å². The standard InChI is InChI=1S/C17H9BrN2O3/c18-12-7-5-10(6-8-12)15-19-16(23-20-15)13-9-11-3-1-2-4-14(11)22-17(13)21/h1-9H. The molecule has 0 spiro atoms. The van der Waals surface area contributed by atoms with Crippen LogP contribution in [0.5, 0.6) is 0 Å². The maximum absolute atomic E-state index is 12.1. The highest BCUT2D eigenvalue weighted by atomic mass is 79.9. The Kier molecular flexibility index (Phi) is 3.31. The van der Waals surface area contributed by atoms with Crippen LogP contribution in [0.3, 0.4) is 0 Å². The molecule has 0 bridgehead atoms. The summed E-state index contributed by atoms with van der Waals surface area (Å²) in [4.78, 5) is 16.4. The van der Waals surface area contributed by atoms with Gasteiger partial charge >= 0.3 is 5.63 Å². The van der Waals surface area contributed by atoms with E-state index >= 15 is 0 Å². The molecule has 23 heavy (non-hydrogen) atoms. The second-order valence-corrected chi connectivity index (χ2v) is 5.83. The van der Waals surface area contributed by atoms with Crippen LogP contribution in [0.4, 0.5) is 0 Å². The lowest BCUT2D eigenvalue weighted by Gasteiger charge is -1.97. The van der Waals surface area contributed by atoms with Crippen LogP contribution in [0.25, 0.3) is 33.8 Å². The summed E-state index contributed by atoms with van der Waals surface area (Å²) in [6.45, 7) is 0. The second-order valence-electron chi connectivity index (χ2n) is 4.92. The number of halogens is 1. The molecule has 0 unspecified atom stereocenters. The molecule has 0 fully saturated rings. The van der Waals surface area contributed by atoms with Gasteiger partial charge in [0.15, 0.2) is 0 Å². The third-order valence-electron chi connectivity index (χ3n) is 3.40. The quantitative estimate of drug-likeness (QED) is 0.494. The van der Waals surface area contributed by atoms with Crippen LogP contribution >= 0.6 is 15.9 Å². The molecule has 0 aliphatic rings. The smallest absolute Gasteiger partial charge is 0.349 e. The predicted octanol–water partition coefficient (Wildman–Crippen LogP) is 4.27. The molecule has 6 heteroatoms. The van der Waals surface area contributed by atoms with Crippen molar-refractivity contribution < 1.29 is 8.94 Å². The minimum absolute atomic E-state index is 0.141. The minimum Gasteiger partial charge on any atom is -0.422 e. The van der Waals surface area contributed by atoms with Crippen LogP contribution in [0.1, 0.15) is 0 Å². The Morgan fingerprint density at radius 3 is 2.61 bits per heavy atom. The van der Waals surface area contributed by atoms with Gasteiger partial charge in [-0.15, -0.1) is 0 Å². The van der Waals surface area contributed by atoms with E-state index in [0.717, 1.165) is 15.4 Å². The summed E-state index contributed by atoms with van der Waals surface area (Å²) in [5.41, 5.74) is 1.07. The van der Waals surface area contributed by atoms with Crippen LogP contribution in [0, 0.1) is 0 Å². The lowest BCUT2D eigenvalue weighted by molar-refractivity contribution is 0.429. The van der Waals surface area contributed by atoms with Gasteiger partial charge in [0, 0.05) is 15.4 Å². The molecule has 2 heterocycles. The molecule has 0 amide bonds. The molecule has 0 aliphatic carbocycles. The van der Waals surface area contributed by atoms with E-state index in [4.69, 9.17) is 8.94 Å². The van der Waals surface area contributed by atoms with Crippen molar-refractivity contribution in [1.82, 2.24) is 10.1 Å². The molecule has 0 radical (unpaired) electrons. The number of hydrogen-bond donors (Lipinski definition) is 0. The Morgan fingerprint density at radius 1 is 1.00 bits per heavy atom. The van der Waals surface area contributed by atoms with Gasteiger partial charge in [-0.25, -0.2) is 4.79 Å². The molecular weight excluding hydrogens is 360 g/mol. The molecule has 0 N–H and O–H groups in total. The third kappa shape index (κ3) is 2.57. The first-order valence-electron chi connectivity index (χ1n) is 6.83. The Hall–Kier alpha value is -2.73. The number of benzene rings is 2. The van der Waals surface area contributed by atoms with E-state index in [0.29, 0.717) is 11.4 Å². The number of hydrogen-bond acceptors (Lipinski definition) is 5. The summed E-state index contributed by atoms with van der Waals surface area (Å²) >= 11 is 3.37. The first-order chi connectivity index (χ1) is 11.2. The Labute approximate surface area is 138 Å². The molecule has 0 saturated heterocycles. The van der Waals surface area contributed by atoms with E-state index in [9.17, 15) is 4.79 Å².